The summed E-state index contributed by atoms with van der Waals surface area (Å²) in [5.41, 5.74) is 1.52. The van der Waals surface area contributed by atoms with E-state index in [1.54, 1.807) is 22.8 Å². The fraction of sp³-hybridized carbons (Fsp3) is 0.308. The van der Waals surface area contributed by atoms with Crippen LogP contribution in [0.15, 0.2) is 29.3 Å². The van der Waals surface area contributed by atoms with Crippen molar-refractivity contribution in [3.63, 3.8) is 0 Å². The minimum absolute atomic E-state index is 0.151. The van der Waals surface area contributed by atoms with Crippen LogP contribution in [0.4, 0.5) is 4.39 Å². The average Bonchev–Trinajstić information content (AvgIpc) is 2.75. The van der Waals surface area contributed by atoms with Crippen molar-refractivity contribution >= 4 is 17.6 Å². The van der Waals surface area contributed by atoms with Crippen molar-refractivity contribution in [2.24, 2.45) is 4.99 Å². The Kier molecular flexibility index (Phi) is 3.74. The molecule has 1 atom stereocenters. The van der Waals surface area contributed by atoms with E-state index in [-0.39, 0.29) is 25.4 Å². The van der Waals surface area contributed by atoms with Crippen LogP contribution >= 0.6 is 0 Å². The van der Waals surface area contributed by atoms with Crippen molar-refractivity contribution in [2.45, 2.75) is 19.7 Å². The first-order chi connectivity index (χ1) is 8.69. The third-order valence-electron chi connectivity index (χ3n) is 2.94. The maximum absolute atomic E-state index is 13.7. The molecule has 0 amide bonds. The van der Waals surface area contributed by atoms with Gasteiger partial charge in [0.15, 0.2) is 0 Å². The van der Waals surface area contributed by atoms with E-state index in [9.17, 15) is 4.39 Å². The van der Waals surface area contributed by atoms with E-state index < -0.39 is 0 Å². The lowest BCUT2D eigenvalue weighted by Gasteiger charge is -2.12. The first-order valence-electron chi connectivity index (χ1n) is 5.61. The molecule has 0 spiro atoms. The van der Waals surface area contributed by atoms with Crippen LogP contribution < -0.4 is 0 Å². The van der Waals surface area contributed by atoms with Gasteiger partial charge >= 0.3 is 0 Å². The number of aliphatic imine (C=N–C) groups is 1. The summed E-state index contributed by atoms with van der Waals surface area (Å²) in [6, 6.07) is 6.43. The second kappa shape index (κ2) is 5.29. The largest absolute Gasteiger partial charge is 0.371 e. The van der Waals surface area contributed by atoms with E-state index in [1.165, 1.54) is 6.07 Å². The summed E-state index contributed by atoms with van der Waals surface area (Å²) >= 11 is 0. The number of nitrogens with zero attached hydrogens (tertiary/aromatic N) is 2. The van der Waals surface area contributed by atoms with Crippen molar-refractivity contribution in [3.8, 4) is 0 Å². The van der Waals surface area contributed by atoms with E-state index >= 15 is 0 Å². The quantitative estimate of drug-likeness (QED) is 0.654. The summed E-state index contributed by atoms with van der Waals surface area (Å²) < 4.78 is 20.5. The first kappa shape index (κ1) is 12.7. The third kappa shape index (κ3) is 2.14. The van der Waals surface area contributed by atoms with Crippen LogP contribution in [-0.4, -0.2) is 23.2 Å². The smallest absolute Gasteiger partial charge is 0.145 e. The van der Waals surface area contributed by atoms with Crippen molar-refractivity contribution < 1.29 is 14.2 Å². The molecular formula is C13H15FN2O2. The normalized spacial score (nSPS) is 12.8. The van der Waals surface area contributed by atoms with Gasteiger partial charge in [-0.2, -0.15) is 0 Å². The molecule has 1 N–H and O–H groups in total. The van der Waals surface area contributed by atoms with Gasteiger partial charge in [-0.3, -0.25) is 4.99 Å². The van der Waals surface area contributed by atoms with Crippen LogP contribution in [0.25, 0.3) is 10.9 Å². The lowest BCUT2D eigenvalue weighted by atomic mass is 10.2. The number of aromatic nitrogens is 1. The fourth-order valence-corrected chi connectivity index (χ4v) is 1.98. The number of halogens is 1. The highest BCUT2D eigenvalue weighted by Crippen LogP contribution is 2.27. The van der Waals surface area contributed by atoms with Crippen LogP contribution in [0.5, 0.6) is 0 Å². The van der Waals surface area contributed by atoms with E-state index in [0.29, 0.717) is 10.9 Å². The van der Waals surface area contributed by atoms with Crippen LogP contribution in [0, 0.1) is 5.82 Å². The molecule has 1 aromatic heterocycles. The van der Waals surface area contributed by atoms with Gasteiger partial charge in [0.25, 0.3) is 0 Å². The lowest BCUT2D eigenvalue weighted by Crippen LogP contribution is -2.08. The number of fused-ring (bicyclic) bond motifs is 1. The van der Waals surface area contributed by atoms with Gasteiger partial charge in [-0.05, 0) is 31.8 Å². The number of aliphatic hydroxyl groups is 1. The molecule has 96 valence electrons. The lowest BCUT2D eigenvalue weighted by molar-refractivity contribution is -0.0348. The topological polar surface area (TPSA) is 46.8 Å². The summed E-state index contributed by atoms with van der Waals surface area (Å²) in [6.07, 6.45) is 0. The Morgan fingerprint density at radius 3 is 3.00 bits per heavy atom. The van der Waals surface area contributed by atoms with Gasteiger partial charge in [-0.1, -0.05) is 6.07 Å². The Morgan fingerprint density at radius 2 is 2.33 bits per heavy atom. The van der Waals surface area contributed by atoms with Gasteiger partial charge < -0.3 is 14.4 Å². The van der Waals surface area contributed by atoms with Crippen molar-refractivity contribution in [1.29, 1.82) is 0 Å². The average molecular weight is 250 g/mol. The molecule has 0 fully saturated rings. The van der Waals surface area contributed by atoms with Gasteiger partial charge in [-0.15, -0.1) is 0 Å². The van der Waals surface area contributed by atoms with Crippen LogP contribution in [0.3, 0.4) is 0 Å². The molecule has 18 heavy (non-hydrogen) atoms. The highest BCUT2D eigenvalue weighted by molar-refractivity contribution is 5.82. The molecule has 2 rings (SSSR count). The van der Waals surface area contributed by atoms with Crippen molar-refractivity contribution in [2.75, 3.05) is 6.79 Å². The Morgan fingerprint density at radius 1 is 1.56 bits per heavy atom. The SMILES string of the molecule is C=NC(C)c1cc2c(F)cccc2n1COCO. The van der Waals surface area contributed by atoms with E-state index in [2.05, 4.69) is 11.7 Å². The fourth-order valence-electron chi connectivity index (χ4n) is 1.98. The molecular weight excluding hydrogens is 235 g/mol. The molecule has 4 nitrogen and oxygen atoms in total. The molecule has 0 aliphatic rings. The number of rotatable bonds is 5. The molecule has 0 saturated carbocycles. The molecule has 1 unspecified atom stereocenters. The number of benzene rings is 1. The standard InChI is InChI=1S/C13H15FN2O2/c1-9(15-2)13-6-10-11(14)4-3-5-12(10)16(13)7-18-8-17/h3-6,9,17H,2,7-8H2,1H3. The predicted molar refractivity (Wildman–Crippen MR) is 68.0 cm³/mol. The summed E-state index contributed by atoms with van der Waals surface area (Å²) in [5, 5.41) is 9.25. The molecule has 1 heterocycles. The maximum atomic E-state index is 13.7. The molecule has 0 saturated heterocycles. The Bertz CT molecular complexity index is 565. The highest BCUT2D eigenvalue weighted by Gasteiger charge is 2.15. The van der Waals surface area contributed by atoms with Crippen molar-refractivity contribution in [1.82, 2.24) is 4.57 Å². The predicted octanol–water partition coefficient (Wildman–Crippen LogP) is 2.47. The van der Waals surface area contributed by atoms with Gasteiger partial charge in [-0.25, -0.2) is 4.39 Å². The Labute approximate surface area is 104 Å². The number of hydrogen-bond donors (Lipinski definition) is 1. The molecule has 2 aromatic rings. The van der Waals surface area contributed by atoms with Crippen molar-refractivity contribution in [3.05, 3.63) is 35.8 Å². The zero-order valence-corrected chi connectivity index (χ0v) is 10.1. The second-order valence-electron chi connectivity index (χ2n) is 3.99. The molecule has 1 aromatic carbocycles. The van der Waals surface area contributed by atoms with E-state index in [0.717, 1.165) is 5.69 Å². The molecule has 0 radical (unpaired) electrons. The summed E-state index contributed by atoms with van der Waals surface area (Å²) in [7, 11) is 0. The van der Waals surface area contributed by atoms with Gasteiger partial charge in [0.2, 0.25) is 0 Å². The highest BCUT2D eigenvalue weighted by atomic mass is 19.1. The molecule has 0 bridgehead atoms. The Hall–Kier alpha value is -1.72. The van der Waals surface area contributed by atoms with E-state index in [1.807, 2.05) is 6.92 Å². The Balaban J connectivity index is 2.60. The van der Waals surface area contributed by atoms with Crippen LogP contribution in [-0.2, 0) is 11.5 Å². The summed E-state index contributed by atoms with van der Waals surface area (Å²) in [5.74, 6) is -0.284. The number of ether oxygens (including phenoxy) is 1. The summed E-state index contributed by atoms with van der Waals surface area (Å²) in [4.78, 5) is 3.94. The number of aliphatic hydroxyl groups excluding tert-OH is 1. The van der Waals surface area contributed by atoms with E-state index in [4.69, 9.17) is 9.84 Å². The third-order valence-corrected chi connectivity index (χ3v) is 2.94. The molecule has 0 aliphatic heterocycles. The minimum Gasteiger partial charge on any atom is -0.371 e. The first-order valence-corrected chi connectivity index (χ1v) is 5.61. The maximum Gasteiger partial charge on any atom is 0.145 e. The van der Waals surface area contributed by atoms with Gasteiger partial charge in [0.1, 0.15) is 19.3 Å². The van der Waals surface area contributed by atoms with Crippen LogP contribution in [0.2, 0.25) is 0 Å². The monoisotopic (exact) mass is 250 g/mol. The molecule has 5 heteroatoms. The summed E-state index contributed by atoms with van der Waals surface area (Å²) in [6.45, 7) is 5.14. The second-order valence-corrected chi connectivity index (χ2v) is 3.99. The van der Waals surface area contributed by atoms with Gasteiger partial charge in [0.05, 0.1) is 11.6 Å². The van der Waals surface area contributed by atoms with Gasteiger partial charge in [0, 0.05) is 11.1 Å². The zero-order chi connectivity index (χ0) is 13.1. The molecule has 0 aliphatic carbocycles. The zero-order valence-electron chi connectivity index (χ0n) is 10.1. The van der Waals surface area contributed by atoms with Crippen LogP contribution in [0.1, 0.15) is 18.7 Å². The number of hydrogen-bond acceptors (Lipinski definition) is 3. The minimum atomic E-state index is -0.385.